The molecule has 1 aromatic carbocycles. The molecule has 1 atom stereocenters. The maximum Gasteiger partial charge on any atom is 0.242 e. The fourth-order valence-corrected chi connectivity index (χ4v) is 3.41. The molecule has 1 aliphatic heterocycles. The number of carbonyl (C=O) groups is 2. The number of hydrogen-bond acceptors (Lipinski definition) is 3. The Balaban J connectivity index is 0.00000364. The summed E-state index contributed by atoms with van der Waals surface area (Å²) in [4.78, 5) is 26.7. The van der Waals surface area contributed by atoms with Crippen molar-refractivity contribution in [3.05, 3.63) is 35.1 Å². The molecule has 27 heavy (non-hydrogen) atoms. The highest BCUT2D eigenvalue weighted by Gasteiger charge is 2.35. The Morgan fingerprint density at radius 2 is 1.96 bits per heavy atom. The number of nitrogens with zero attached hydrogens (tertiary/aromatic N) is 1. The van der Waals surface area contributed by atoms with Gasteiger partial charge in [-0.1, -0.05) is 25.5 Å². The van der Waals surface area contributed by atoms with E-state index in [9.17, 15) is 14.0 Å². The van der Waals surface area contributed by atoms with Crippen molar-refractivity contribution < 1.29 is 14.0 Å². The van der Waals surface area contributed by atoms with E-state index in [1.54, 1.807) is 24.8 Å². The number of nitrogens with one attached hydrogen (secondary N) is 1. The van der Waals surface area contributed by atoms with E-state index in [2.05, 4.69) is 5.32 Å². The summed E-state index contributed by atoms with van der Waals surface area (Å²) < 4.78 is 13.6. The van der Waals surface area contributed by atoms with Crippen LogP contribution >= 0.6 is 12.4 Å². The molecule has 0 aliphatic carbocycles. The largest absolute Gasteiger partial charge is 0.352 e. The lowest BCUT2D eigenvalue weighted by Gasteiger charge is -2.36. The average molecular weight is 400 g/mol. The lowest BCUT2D eigenvalue weighted by molar-refractivity contribution is -0.140. The average Bonchev–Trinajstić information content (AvgIpc) is 2.62. The van der Waals surface area contributed by atoms with Crippen molar-refractivity contribution in [2.75, 3.05) is 13.1 Å². The van der Waals surface area contributed by atoms with Crippen LogP contribution in [0.15, 0.2) is 18.2 Å². The van der Waals surface area contributed by atoms with E-state index in [0.29, 0.717) is 44.5 Å². The van der Waals surface area contributed by atoms with Crippen molar-refractivity contribution in [2.45, 2.75) is 58.5 Å². The van der Waals surface area contributed by atoms with Crippen LogP contribution in [-0.2, 0) is 16.1 Å². The Bertz CT molecular complexity index is 659. The zero-order valence-electron chi connectivity index (χ0n) is 16.4. The van der Waals surface area contributed by atoms with Gasteiger partial charge in [-0.05, 0) is 50.3 Å². The van der Waals surface area contributed by atoms with Crippen molar-refractivity contribution in [1.82, 2.24) is 10.2 Å². The molecule has 2 amide bonds. The minimum Gasteiger partial charge on any atom is -0.352 e. The van der Waals surface area contributed by atoms with Gasteiger partial charge in [0, 0.05) is 25.6 Å². The van der Waals surface area contributed by atoms with Crippen LogP contribution < -0.4 is 11.1 Å². The Morgan fingerprint density at radius 3 is 2.52 bits per heavy atom. The Morgan fingerprint density at radius 1 is 1.33 bits per heavy atom. The molecule has 3 N–H and O–H groups in total. The lowest BCUT2D eigenvalue weighted by atomic mass is 9.91. The summed E-state index contributed by atoms with van der Waals surface area (Å²) in [5, 5.41) is 2.88. The first-order valence-corrected chi connectivity index (χ1v) is 9.35. The molecule has 0 aromatic heterocycles. The van der Waals surface area contributed by atoms with E-state index >= 15 is 0 Å². The summed E-state index contributed by atoms with van der Waals surface area (Å²) in [6.45, 7) is 6.90. The van der Waals surface area contributed by atoms with Crippen LogP contribution in [0.4, 0.5) is 4.39 Å². The summed E-state index contributed by atoms with van der Waals surface area (Å²) in [5.41, 5.74) is 6.63. The molecule has 0 bridgehead atoms. The second-order valence-electron chi connectivity index (χ2n) is 7.54. The Labute approximate surface area is 167 Å². The van der Waals surface area contributed by atoms with Crippen molar-refractivity contribution in [3.63, 3.8) is 0 Å². The number of aryl methyl sites for hydroxylation is 1. The second-order valence-corrected chi connectivity index (χ2v) is 7.54. The first-order valence-electron chi connectivity index (χ1n) is 9.35. The number of likely N-dealkylation sites (tertiary alicyclic amines) is 1. The van der Waals surface area contributed by atoms with Crippen molar-refractivity contribution in [1.29, 1.82) is 0 Å². The number of nitrogens with two attached hydrogens (primary N) is 1. The molecule has 0 saturated carbocycles. The molecule has 1 unspecified atom stereocenters. The molecule has 5 nitrogen and oxygen atoms in total. The minimum atomic E-state index is -0.834. The molecule has 1 aromatic rings. The maximum atomic E-state index is 13.6. The molecule has 1 heterocycles. The van der Waals surface area contributed by atoms with Gasteiger partial charge in [0.25, 0.3) is 0 Å². The standard InChI is InChI=1S/C20H30FN3O2.ClH/c1-4-9-20(3,22)19(26)24-10-7-16(8-11-24)18(25)23-13-15-6-5-14(2)17(21)12-15;/h5-6,12,16H,4,7-11,13,22H2,1-3H3,(H,23,25);1H. The lowest BCUT2D eigenvalue weighted by Crippen LogP contribution is -2.55. The van der Waals surface area contributed by atoms with Crippen molar-refractivity contribution in [3.8, 4) is 0 Å². The van der Waals surface area contributed by atoms with Gasteiger partial charge in [-0.25, -0.2) is 4.39 Å². The van der Waals surface area contributed by atoms with E-state index < -0.39 is 5.54 Å². The predicted molar refractivity (Wildman–Crippen MR) is 107 cm³/mol. The van der Waals surface area contributed by atoms with E-state index in [0.717, 1.165) is 12.0 Å². The number of benzene rings is 1. The highest BCUT2D eigenvalue weighted by Crippen LogP contribution is 2.21. The van der Waals surface area contributed by atoms with Gasteiger partial charge in [0.1, 0.15) is 5.82 Å². The molecule has 0 radical (unpaired) electrons. The van der Waals surface area contributed by atoms with Gasteiger partial charge in [0.15, 0.2) is 0 Å². The number of halogens is 2. The third-order valence-corrected chi connectivity index (χ3v) is 5.11. The number of hydrogen-bond donors (Lipinski definition) is 2. The zero-order chi connectivity index (χ0) is 19.3. The molecule has 1 fully saturated rings. The fourth-order valence-electron chi connectivity index (χ4n) is 3.41. The van der Waals surface area contributed by atoms with Crippen LogP contribution in [0.5, 0.6) is 0 Å². The highest BCUT2D eigenvalue weighted by molar-refractivity contribution is 5.86. The summed E-state index contributed by atoms with van der Waals surface area (Å²) >= 11 is 0. The van der Waals surface area contributed by atoms with Gasteiger partial charge >= 0.3 is 0 Å². The Hall–Kier alpha value is -1.66. The molecule has 2 rings (SSSR count). The normalized spacial score (nSPS) is 17.0. The summed E-state index contributed by atoms with van der Waals surface area (Å²) in [6.07, 6.45) is 2.76. The Kier molecular flexibility index (Phi) is 8.69. The van der Waals surface area contributed by atoms with Gasteiger partial charge in [0.05, 0.1) is 5.54 Å². The first kappa shape index (κ1) is 23.4. The molecular weight excluding hydrogens is 369 g/mol. The number of carbonyl (C=O) groups excluding carboxylic acids is 2. The van der Waals surface area contributed by atoms with Gasteiger partial charge in [-0.2, -0.15) is 0 Å². The SMILES string of the molecule is CCCC(C)(N)C(=O)N1CCC(C(=O)NCc2ccc(C)c(F)c2)CC1.Cl. The van der Waals surface area contributed by atoms with E-state index in [1.165, 1.54) is 6.07 Å². The monoisotopic (exact) mass is 399 g/mol. The van der Waals surface area contributed by atoms with E-state index in [-0.39, 0.29) is 36.0 Å². The minimum absolute atomic E-state index is 0. The van der Waals surface area contributed by atoms with E-state index in [4.69, 9.17) is 5.73 Å². The van der Waals surface area contributed by atoms with Crippen molar-refractivity contribution in [2.24, 2.45) is 11.7 Å². The van der Waals surface area contributed by atoms with Gasteiger partial charge in [-0.3, -0.25) is 9.59 Å². The van der Waals surface area contributed by atoms with E-state index in [1.807, 2.05) is 13.0 Å². The molecule has 1 saturated heterocycles. The smallest absolute Gasteiger partial charge is 0.242 e. The van der Waals surface area contributed by atoms with Crippen molar-refractivity contribution >= 4 is 24.2 Å². The first-order chi connectivity index (χ1) is 12.2. The third-order valence-electron chi connectivity index (χ3n) is 5.11. The topological polar surface area (TPSA) is 75.4 Å². The van der Waals surface area contributed by atoms with Crippen LogP contribution in [0.25, 0.3) is 0 Å². The maximum absolute atomic E-state index is 13.6. The summed E-state index contributed by atoms with van der Waals surface area (Å²) in [6, 6.07) is 4.98. The fraction of sp³-hybridized carbons (Fsp3) is 0.600. The van der Waals surface area contributed by atoms with Gasteiger partial charge in [-0.15, -0.1) is 12.4 Å². The van der Waals surface area contributed by atoms with Gasteiger partial charge < -0.3 is 16.0 Å². The molecular formula is C20H31ClFN3O2. The number of amides is 2. The van der Waals surface area contributed by atoms with Crippen LogP contribution in [0.1, 0.15) is 50.7 Å². The van der Waals surface area contributed by atoms with Crippen LogP contribution in [-0.4, -0.2) is 35.3 Å². The predicted octanol–water partition coefficient (Wildman–Crippen LogP) is 2.93. The molecule has 0 spiro atoms. The summed E-state index contributed by atoms with van der Waals surface area (Å²) in [7, 11) is 0. The number of piperidine rings is 1. The molecule has 152 valence electrons. The molecule has 1 aliphatic rings. The number of rotatable bonds is 6. The van der Waals surface area contributed by atoms with Crippen LogP contribution in [0.3, 0.4) is 0 Å². The van der Waals surface area contributed by atoms with Crippen LogP contribution in [0, 0.1) is 18.7 Å². The summed E-state index contributed by atoms with van der Waals surface area (Å²) in [5.74, 6) is -0.458. The van der Waals surface area contributed by atoms with Crippen LogP contribution in [0.2, 0.25) is 0 Å². The third kappa shape index (κ3) is 6.18. The molecule has 7 heteroatoms. The zero-order valence-corrected chi connectivity index (χ0v) is 17.2. The quantitative estimate of drug-likeness (QED) is 0.772. The highest BCUT2D eigenvalue weighted by atomic mass is 35.5. The second kappa shape index (κ2) is 10.0. The van der Waals surface area contributed by atoms with Gasteiger partial charge in [0.2, 0.25) is 11.8 Å².